The summed E-state index contributed by atoms with van der Waals surface area (Å²) in [5.74, 6) is 0. The Labute approximate surface area is 276 Å². The lowest BCUT2D eigenvalue weighted by molar-refractivity contribution is 1.29. The second kappa shape index (κ2) is 10.5. The molecule has 0 aliphatic carbocycles. The molecule has 0 radical (unpaired) electrons. The molecule has 0 fully saturated rings. The van der Waals surface area contributed by atoms with Gasteiger partial charge in [0.15, 0.2) is 0 Å². The molecule has 0 amide bonds. The highest BCUT2D eigenvalue weighted by molar-refractivity contribution is 8.27. The lowest BCUT2D eigenvalue weighted by Crippen LogP contribution is -2.46. The first-order valence-corrected chi connectivity index (χ1v) is 20.9. The summed E-state index contributed by atoms with van der Waals surface area (Å²) in [5, 5.41) is 7.53. The molecule has 220 valence electrons. The highest BCUT2D eigenvalue weighted by Gasteiger charge is 2.47. The summed E-state index contributed by atoms with van der Waals surface area (Å²) in [6.07, 6.45) is 0. The number of hydrogen-bond donors (Lipinski definition) is 0. The van der Waals surface area contributed by atoms with Gasteiger partial charge in [-0.15, -0.1) is 0 Å². The fourth-order valence-electron chi connectivity index (χ4n) is 7.24. The van der Waals surface area contributed by atoms with Crippen LogP contribution in [0.25, 0.3) is 11.1 Å². The Morgan fingerprint density at radius 2 is 0.867 bits per heavy atom. The number of benzene rings is 6. The van der Waals surface area contributed by atoms with Gasteiger partial charge < -0.3 is 4.90 Å². The predicted molar refractivity (Wildman–Crippen MR) is 205 cm³/mol. The van der Waals surface area contributed by atoms with Crippen LogP contribution >= 0.6 is 12.1 Å². The molecule has 1 nitrogen and oxygen atoms in total. The number of anilines is 3. The molecule has 2 aliphatic rings. The van der Waals surface area contributed by atoms with E-state index in [0.717, 1.165) is 0 Å². The first-order chi connectivity index (χ1) is 21.7. The summed E-state index contributed by atoms with van der Waals surface area (Å²) in [5.41, 5.74) is 10.9. The third-order valence-electron chi connectivity index (χ3n) is 9.41. The van der Waals surface area contributed by atoms with Crippen molar-refractivity contribution < 1.29 is 0 Å². The van der Waals surface area contributed by atoms with E-state index in [9.17, 15) is 0 Å². The molecule has 0 aromatic heterocycles. The molecule has 0 spiro atoms. The minimum Gasteiger partial charge on any atom is -0.308 e. The standard InChI is InChI=1S/C40H33NP2S2/c1-26-18-20-32-36(22-26)42(44,34-16-10-8-12-28(34)3)38-24-31(30-14-6-5-7-15-30)25-39-40(38)41(32)33-21-19-27(2)23-37(33)43(39,45)35-17-11-9-13-29(35)4/h5-25H,1-4H3. The van der Waals surface area contributed by atoms with Crippen molar-refractivity contribution in [1.82, 2.24) is 0 Å². The molecule has 0 saturated heterocycles. The Hall–Kier alpha value is -3.58. The largest absolute Gasteiger partial charge is 0.308 e. The SMILES string of the molecule is Cc1ccc2c(c1)P(=S)(c1ccccc1C)c1cc(-c3ccccc3)cc3c1N2c1ccc(C)cc1P3(=S)c1ccccc1C. The van der Waals surface area contributed by atoms with Crippen LogP contribution in [-0.4, -0.2) is 0 Å². The minimum absolute atomic E-state index is 1.18. The summed E-state index contributed by atoms with van der Waals surface area (Å²) < 4.78 is 0. The Kier molecular flexibility index (Phi) is 6.72. The second-order valence-corrected chi connectivity index (χ2v) is 21.0. The van der Waals surface area contributed by atoms with E-state index in [1.54, 1.807) is 0 Å². The molecule has 45 heavy (non-hydrogen) atoms. The molecule has 5 heteroatoms. The Morgan fingerprint density at radius 1 is 0.422 bits per heavy atom. The zero-order valence-corrected chi connectivity index (χ0v) is 29.2. The van der Waals surface area contributed by atoms with Crippen LogP contribution in [0.1, 0.15) is 22.3 Å². The van der Waals surface area contributed by atoms with Crippen LogP contribution in [0.5, 0.6) is 0 Å². The average molecular weight is 654 g/mol. The molecule has 6 aromatic carbocycles. The summed E-state index contributed by atoms with van der Waals surface area (Å²) in [4.78, 5) is 2.51. The number of hydrogen-bond acceptors (Lipinski definition) is 3. The third kappa shape index (κ3) is 4.11. The molecule has 2 aliphatic heterocycles. The summed E-state index contributed by atoms with van der Waals surface area (Å²) in [6, 6.07) is 41.9. The smallest absolute Gasteiger partial charge is 0.0644 e. The van der Waals surface area contributed by atoms with Crippen LogP contribution in [-0.2, 0) is 23.6 Å². The van der Waals surface area contributed by atoms with E-state index >= 15 is 0 Å². The van der Waals surface area contributed by atoms with Crippen LogP contribution in [0.3, 0.4) is 0 Å². The van der Waals surface area contributed by atoms with Crippen LogP contribution in [0.4, 0.5) is 17.1 Å². The van der Waals surface area contributed by atoms with Crippen molar-refractivity contribution in [2.24, 2.45) is 0 Å². The van der Waals surface area contributed by atoms with Crippen LogP contribution < -0.4 is 36.7 Å². The summed E-state index contributed by atoms with van der Waals surface area (Å²) in [6.45, 7) is 8.80. The van der Waals surface area contributed by atoms with Crippen molar-refractivity contribution in [1.29, 1.82) is 0 Å². The van der Waals surface area contributed by atoms with Crippen molar-refractivity contribution in [2.75, 3.05) is 4.90 Å². The Balaban J connectivity index is 1.62. The van der Waals surface area contributed by atoms with E-state index in [-0.39, 0.29) is 0 Å². The Morgan fingerprint density at radius 3 is 1.33 bits per heavy atom. The molecular formula is C40H33NP2S2. The van der Waals surface area contributed by atoms with Crippen LogP contribution in [0.2, 0.25) is 0 Å². The molecule has 2 unspecified atom stereocenters. The third-order valence-corrected chi connectivity index (χ3v) is 19.4. The normalized spacial score (nSPS) is 19.4. The molecule has 0 bridgehead atoms. The maximum atomic E-state index is 7.17. The quantitative estimate of drug-likeness (QED) is 0.177. The molecule has 2 atom stereocenters. The zero-order chi connectivity index (χ0) is 31.1. The lowest BCUT2D eigenvalue weighted by Gasteiger charge is -2.47. The van der Waals surface area contributed by atoms with Gasteiger partial charge in [0.2, 0.25) is 0 Å². The van der Waals surface area contributed by atoms with Gasteiger partial charge >= 0.3 is 0 Å². The first-order valence-electron chi connectivity index (χ1n) is 15.3. The minimum atomic E-state index is -2.52. The number of aryl methyl sites for hydroxylation is 4. The van der Waals surface area contributed by atoms with Gasteiger partial charge in [0.1, 0.15) is 0 Å². The summed E-state index contributed by atoms with van der Waals surface area (Å²) >= 11 is 14.3. The van der Waals surface area contributed by atoms with Crippen molar-refractivity contribution in [3.63, 3.8) is 0 Å². The van der Waals surface area contributed by atoms with E-state index in [4.69, 9.17) is 23.6 Å². The van der Waals surface area contributed by atoms with Crippen molar-refractivity contribution in [2.45, 2.75) is 27.7 Å². The highest BCUT2D eigenvalue weighted by Crippen LogP contribution is 2.61. The number of nitrogens with zero attached hydrogens (tertiary/aromatic N) is 1. The van der Waals surface area contributed by atoms with E-state index < -0.39 is 12.1 Å². The number of fused-ring (bicyclic) bond motifs is 4. The van der Waals surface area contributed by atoms with E-state index in [1.807, 2.05) is 0 Å². The highest BCUT2D eigenvalue weighted by atomic mass is 32.4. The van der Waals surface area contributed by atoms with Gasteiger partial charge in [0.05, 0.1) is 17.1 Å². The zero-order valence-electron chi connectivity index (χ0n) is 25.8. The van der Waals surface area contributed by atoms with Crippen molar-refractivity contribution >= 4 is 84.6 Å². The van der Waals surface area contributed by atoms with E-state index in [0.29, 0.717) is 0 Å². The second-order valence-electron chi connectivity index (χ2n) is 12.3. The van der Waals surface area contributed by atoms with Crippen LogP contribution in [0, 0.1) is 27.7 Å². The number of rotatable bonds is 3. The molecule has 8 rings (SSSR count). The van der Waals surface area contributed by atoms with Gasteiger partial charge in [0, 0.05) is 33.3 Å². The molecular weight excluding hydrogens is 621 g/mol. The fourth-order valence-corrected chi connectivity index (χ4v) is 17.0. The van der Waals surface area contributed by atoms with Gasteiger partial charge in [-0.3, -0.25) is 0 Å². The molecule has 6 aromatic rings. The fraction of sp³-hybridized carbons (Fsp3) is 0.100. The van der Waals surface area contributed by atoms with Gasteiger partial charge in [-0.05, 0) is 97.0 Å². The maximum absolute atomic E-state index is 7.17. The monoisotopic (exact) mass is 653 g/mol. The molecule has 0 saturated carbocycles. The predicted octanol–water partition coefficient (Wildman–Crippen LogP) is 8.20. The first kappa shape index (κ1) is 28.9. The average Bonchev–Trinajstić information content (AvgIpc) is 3.05. The van der Waals surface area contributed by atoms with Gasteiger partial charge in [-0.2, -0.15) is 0 Å². The van der Waals surface area contributed by atoms with Crippen molar-refractivity contribution in [3.8, 4) is 11.1 Å². The van der Waals surface area contributed by atoms with E-state index in [2.05, 4.69) is 160 Å². The topological polar surface area (TPSA) is 3.24 Å². The lowest BCUT2D eigenvalue weighted by atomic mass is 10.0. The van der Waals surface area contributed by atoms with Gasteiger partial charge in [0.25, 0.3) is 0 Å². The van der Waals surface area contributed by atoms with Crippen molar-refractivity contribution in [3.05, 3.63) is 150 Å². The van der Waals surface area contributed by atoms with Crippen LogP contribution in [0.15, 0.2) is 127 Å². The van der Waals surface area contributed by atoms with E-state index in [1.165, 1.54) is 82.3 Å². The molecule has 2 heterocycles. The van der Waals surface area contributed by atoms with Gasteiger partial charge in [-0.25, -0.2) is 0 Å². The van der Waals surface area contributed by atoms with Gasteiger partial charge in [-0.1, -0.05) is 126 Å². The maximum Gasteiger partial charge on any atom is 0.0644 e. The summed E-state index contributed by atoms with van der Waals surface area (Å²) in [7, 11) is 0. The Bertz CT molecular complexity index is 2150. The molecule has 0 N–H and O–H groups in total.